The summed E-state index contributed by atoms with van der Waals surface area (Å²) in [5.41, 5.74) is -0.494. The molecule has 0 radical (unpaired) electrons. The van der Waals surface area contributed by atoms with Crippen LogP contribution in [0.1, 0.15) is 68.5 Å². The van der Waals surface area contributed by atoms with Crippen LogP contribution in [0.15, 0.2) is 109 Å². The molecule has 0 amide bonds. The summed E-state index contributed by atoms with van der Waals surface area (Å²) in [4.78, 5) is 40.5. The van der Waals surface area contributed by atoms with E-state index >= 15 is 0 Å². The monoisotopic (exact) mass is 786 g/mol. The molecule has 0 aliphatic carbocycles. The topological polar surface area (TPSA) is 167 Å². The van der Waals surface area contributed by atoms with Crippen molar-refractivity contribution in [2.24, 2.45) is 16.2 Å². The molecular weight excluding hydrogens is 732 g/mol. The normalized spacial score (nSPS) is 14.4. The Morgan fingerprint density at radius 3 is 0.895 bits per heavy atom. The van der Waals surface area contributed by atoms with E-state index in [9.17, 15) is 29.7 Å². The Morgan fingerprint density at radius 1 is 0.421 bits per heavy atom. The number of benzene rings is 4. The highest BCUT2D eigenvalue weighted by molar-refractivity contribution is 6.00. The average molecular weight is 787 g/mol. The fourth-order valence-electron chi connectivity index (χ4n) is 5.32. The number of hydrogen-bond acceptors (Lipinski definition) is 12. The minimum absolute atomic E-state index is 0.0764. The predicted octanol–water partition coefficient (Wildman–Crippen LogP) is 5.80. The Balaban J connectivity index is 1.46. The highest BCUT2D eigenvalue weighted by Gasteiger charge is 2.31. The van der Waals surface area contributed by atoms with Crippen LogP contribution >= 0.6 is 0 Å². The first-order valence-electron chi connectivity index (χ1n) is 18.7. The Bertz CT molecular complexity index is 1610. The zero-order valence-corrected chi connectivity index (χ0v) is 32.9. The summed E-state index contributed by atoms with van der Waals surface area (Å²) < 4.78 is 34.2. The van der Waals surface area contributed by atoms with E-state index in [-0.39, 0.29) is 76.2 Å². The van der Waals surface area contributed by atoms with Crippen LogP contribution in [0.2, 0.25) is 0 Å². The van der Waals surface area contributed by atoms with Crippen LogP contribution in [-0.4, -0.2) is 92.7 Å². The molecule has 4 aromatic rings. The molecule has 0 aliphatic heterocycles. The number of esters is 3. The quantitative estimate of drug-likeness (QED) is 0.0578. The van der Waals surface area contributed by atoms with Crippen LogP contribution in [0.3, 0.4) is 0 Å². The van der Waals surface area contributed by atoms with Crippen molar-refractivity contribution in [1.82, 2.24) is 0 Å². The SMILES string of the molecule is CC(CO)(COCc1ccccc1)COC(=O)c1cc(C(=O)OCC(C)(CO)COCc2ccccc2)cc(C(=O)OCC(C)(CO)COCc2ccccc2)c1. The van der Waals surface area contributed by atoms with Gasteiger partial charge < -0.3 is 43.7 Å². The molecule has 4 aromatic carbocycles. The third-order valence-corrected chi connectivity index (χ3v) is 9.13. The fraction of sp³-hybridized carbons (Fsp3) is 0.400. The van der Waals surface area contributed by atoms with Gasteiger partial charge in [-0.1, -0.05) is 112 Å². The molecule has 0 saturated carbocycles. The maximum absolute atomic E-state index is 13.5. The molecule has 306 valence electrons. The van der Waals surface area contributed by atoms with Crippen LogP contribution in [0, 0.1) is 16.2 Å². The van der Waals surface area contributed by atoms with Crippen LogP contribution in [0.25, 0.3) is 0 Å². The minimum Gasteiger partial charge on any atom is -0.461 e. The van der Waals surface area contributed by atoms with Gasteiger partial charge in [-0.2, -0.15) is 0 Å². The smallest absolute Gasteiger partial charge is 0.338 e. The predicted molar refractivity (Wildman–Crippen MR) is 211 cm³/mol. The van der Waals surface area contributed by atoms with E-state index in [4.69, 9.17) is 28.4 Å². The Hall–Kier alpha value is -4.95. The van der Waals surface area contributed by atoms with Crippen molar-refractivity contribution in [3.8, 4) is 0 Å². The first-order valence-corrected chi connectivity index (χ1v) is 18.7. The van der Waals surface area contributed by atoms with Gasteiger partial charge in [-0.15, -0.1) is 0 Å². The van der Waals surface area contributed by atoms with Crippen LogP contribution in [0.4, 0.5) is 0 Å². The molecule has 3 atom stereocenters. The lowest BCUT2D eigenvalue weighted by Gasteiger charge is -2.27. The highest BCUT2D eigenvalue weighted by Crippen LogP contribution is 2.24. The lowest BCUT2D eigenvalue weighted by Crippen LogP contribution is -2.34. The molecular formula is C45H54O12. The zero-order valence-electron chi connectivity index (χ0n) is 32.9. The summed E-state index contributed by atoms with van der Waals surface area (Å²) in [6.07, 6.45) is 0. The lowest BCUT2D eigenvalue weighted by atomic mass is 9.94. The first kappa shape index (κ1) is 44.8. The molecule has 0 saturated heterocycles. The molecule has 0 aromatic heterocycles. The van der Waals surface area contributed by atoms with Crippen molar-refractivity contribution in [2.75, 3.05) is 59.5 Å². The largest absolute Gasteiger partial charge is 0.461 e. The molecule has 3 N–H and O–H groups in total. The lowest BCUT2D eigenvalue weighted by molar-refractivity contribution is -0.0337. The van der Waals surface area contributed by atoms with E-state index in [0.717, 1.165) is 16.7 Å². The summed E-state index contributed by atoms with van der Waals surface area (Å²) in [6.45, 7) is 4.46. The molecule has 0 fully saturated rings. The molecule has 12 heteroatoms. The number of hydrogen-bond donors (Lipinski definition) is 3. The van der Waals surface area contributed by atoms with Gasteiger partial charge in [0.25, 0.3) is 0 Å². The van der Waals surface area contributed by atoms with E-state index in [2.05, 4.69) is 0 Å². The van der Waals surface area contributed by atoms with Gasteiger partial charge in [0.15, 0.2) is 0 Å². The van der Waals surface area contributed by atoms with E-state index < -0.39 is 34.2 Å². The Kier molecular flexibility index (Phi) is 17.4. The van der Waals surface area contributed by atoms with Crippen molar-refractivity contribution in [2.45, 2.75) is 40.6 Å². The summed E-state index contributed by atoms with van der Waals surface area (Å²) in [6, 6.07) is 32.2. The highest BCUT2D eigenvalue weighted by atomic mass is 16.5. The summed E-state index contributed by atoms with van der Waals surface area (Å²) >= 11 is 0. The molecule has 0 bridgehead atoms. The standard InChI is InChI=1S/C45H54O12/c1-43(25-46,28-52-22-34-13-7-4-8-14-34)31-55-40(49)37-19-38(41(50)56-32-44(2,26-47)29-53-23-35-15-9-5-10-16-35)21-39(20-37)42(51)57-33-45(3,27-48)30-54-24-36-17-11-6-12-18-36/h4-21,46-48H,22-33H2,1-3H3. The number of carbonyl (C=O) groups excluding carboxylic acids is 3. The number of ether oxygens (including phenoxy) is 6. The molecule has 0 heterocycles. The molecule has 57 heavy (non-hydrogen) atoms. The van der Waals surface area contributed by atoms with E-state index in [1.165, 1.54) is 18.2 Å². The second kappa shape index (κ2) is 22.1. The zero-order chi connectivity index (χ0) is 41.2. The van der Waals surface area contributed by atoms with Crippen LogP contribution in [-0.2, 0) is 48.2 Å². The van der Waals surface area contributed by atoms with Gasteiger partial charge in [0, 0.05) is 16.2 Å². The van der Waals surface area contributed by atoms with Gasteiger partial charge in [0.2, 0.25) is 0 Å². The molecule has 0 aliphatic rings. The van der Waals surface area contributed by atoms with E-state index in [0.29, 0.717) is 19.8 Å². The molecule has 3 unspecified atom stereocenters. The number of rotatable bonds is 24. The van der Waals surface area contributed by atoms with Crippen molar-refractivity contribution >= 4 is 17.9 Å². The Labute approximate surface area is 334 Å². The summed E-state index contributed by atoms with van der Waals surface area (Å²) in [5.74, 6) is -2.61. The summed E-state index contributed by atoms with van der Waals surface area (Å²) in [7, 11) is 0. The van der Waals surface area contributed by atoms with Crippen LogP contribution in [0.5, 0.6) is 0 Å². The maximum Gasteiger partial charge on any atom is 0.338 e. The van der Waals surface area contributed by atoms with E-state index in [1.54, 1.807) is 20.8 Å². The van der Waals surface area contributed by atoms with Crippen molar-refractivity contribution in [1.29, 1.82) is 0 Å². The molecule has 12 nitrogen and oxygen atoms in total. The number of aliphatic hydroxyl groups excluding tert-OH is 3. The summed E-state index contributed by atoms with van der Waals surface area (Å²) in [5, 5.41) is 30.5. The van der Waals surface area contributed by atoms with E-state index in [1.807, 2.05) is 91.0 Å². The second-order valence-corrected chi connectivity index (χ2v) is 15.4. The first-order chi connectivity index (χ1) is 27.4. The molecule has 4 rings (SSSR count). The van der Waals surface area contributed by atoms with Crippen LogP contribution < -0.4 is 0 Å². The van der Waals surface area contributed by atoms with Gasteiger partial charge in [-0.05, 0) is 34.9 Å². The van der Waals surface area contributed by atoms with Crippen molar-refractivity contribution in [3.05, 3.63) is 143 Å². The Morgan fingerprint density at radius 2 is 0.667 bits per heavy atom. The number of aliphatic hydroxyl groups is 3. The fourth-order valence-corrected chi connectivity index (χ4v) is 5.32. The van der Waals surface area contributed by atoms with Crippen molar-refractivity contribution < 1.29 is 58.1 Å². The average Bonchev–Trinajstić information content (AvgIpc) is 3.24. The second-order valence-electron chi connectivity index (χ2n) is 15.4. The third kappa shape index (κ3) is 14.8. The third-order valence-electron chi connectivity index (χ3n) is 9.13. The van der Waals surface area contributed by atoms with Gasteiger partial charge in [-0.25, -0.2) is 14.4 Å². The van der Waals surface area contributed by atoms with Gasteiger partial charge in [0.1, 0.15) is 19.8 Å². The number of carbonyl (C=O) groups is 3. The minimum atomic E-state index is -0.961. The maximum atomic E-state index is 13.5. The molecule has 0 spiro atoms. The van der Waals surface area contributed by atoms with Gasteiger partial charge >= 0.3 is 17.9 Å². The van der Waals surface area contributed by atoms with Gasteiger partial charge in [0.05, 0.1) is 76.2 Å². The van der Waals surface area contributed by atoms with Gasteiger partial charge in [-0.3, -0.25) is 0 Å². The van der Waals surface area contributed by atoms with Crippen molar-refractivity contribution in [3.63, 3.8) is 0 Å².